The van der Waals surface area contributed by atoms with Gasteiger partial charge < -0.3 is 9.15 Å². The van der Waals surface area contributed by atoms with Crippen LogP contribution in [0.15, 0.2) is 82.3 Å². The van der Waals surface area contributed by atoms with Gasteiger partial charge in [0, 0.05) is 0 Å². The quantitative estimate of drug-likeness (QED) is 0.557. The van der Waals surface area contributed by atoms with Gasteiger partial charge in [0.2, 0.25) is 0 Å². The molecule has 120 valence electrons. The lowest BCUT2D eigenvalue weighted by molar-refractivity contribution is 0.0923. The lowest BCUT2D eigenvalue weighted by Crippen LogP contribution is -2.16. The molecule has 0 unspecified atom stereocenters. The molecule has 2 aromatic carbocycles. The van der Waals surface area contributed by atoms with Crippen LogP contribution in [-0.2, 0) is 6.61 Å². The third-order valence-electron chi connectivity index (χ3n) is 3.19. The number of hydrazone groups is 1. The third-order valence-corrected chi connectivity index (χ3v) is 3.19. The van der Waals surface area contributed by atoms with Gasteiger partial charge in [-0.2, -0.15) is 5.10 Å². The SMILES string of the molecule is O=C(N/N=C\c1ccccc1)c1ccc(COc2ccccc2)o1. The largest absolute Gasteiger partial charge is 0.486 e. The van der Waals surface area contributed by atoms with Gasteiger partial charge in [0.1, 0.15) is 18.1 Å². The number of para-hydroxylation sites is 1. The van der Waals surface area contributed by atoms with Crippen LogP contribution in [0.25, 0.3) is 0 Å². The second kappa shape index (κ2) is 7.78. The van der Waals surface area contributed by atoms with Crippen LogP contribution in [0.1, 0.15) is 21.9 Å². The standard InChI is InChI=1S/C19H16N2O3/c22-19(21-20-13-15-7-3-1-4-8-15)18-12-11-17(24-18)14-23-16-9-5-2-6-10-16/h1-13H,14H2,(H,21,22)/b20-13-. The molecule has 1 amide bonds. The van der Waals surface area contributed by atoms with E-state index in [1.165, 1.54) is 0 Å². The average molecular weight is 320 g/mol. The molecule has 0 atom stereocenters. The number of furan rings is 1. The first-order chi connectivity index (χ1) is 11.8. The second-order valence-electron chi connectivity index (χ2n) is 4.98. The second-order valence-corrected chi connectivity index (χ2v) is 4.98. The van der Waals surface area contributed by atoms with Gasteiger partial charge in [-0.05, 0) is 29.8 Å². The Morgan fingerprint density at radius 1 is 1.00 bits per heavy atom. The number of carbonyl (C=O) groups excluding carboxylic acids is 1. The Morgan fingerprint density at radius 3 is 2.46 bits per heavy atom. The zero-order valence-electron chi connectivity index (χ0n) is 12.9. The molecule has 1 heterocycles. The van der Waals surface area contributed by atoms with E-state index in [1.807, 2.05) is 60.7 Å². The van der Waals surface area contributed by atoms with Crippen LogP contribution >= 0.6 is 0 Å². The Kier molecular flexibility index (Phi) is 5.04. The lowest BCUT2D eigenvalue weighted by Gasteiger charge is -2.03. The first-order valence-electron chi connectivity index (χ1n) is 7.46. The van der Waals surface area contributed by atoms with Gasteiger partial charge in [0.05, 0.1) is 6.21 Å². The summed E-state index contributed by atoms with van der Waals surface area (Å²) in [5.41, 5.74) is 3.33. The maximum Gasteiger partial charge on any atom is 0.307 e. The van der Waals surface area contributed by atoms with E-state index in [9.17, 15) is 4.79 Å². The minimum Gasteiger partial charge on any atom is -0.486 e. The van der Waals surface area contributed by atoms with Crippen molar-refractivity contribution in [3.8, 4) is 5.75 Å². The monoisotopic (exact) mass is 320 g/mol. The minimum absolute atomic E-state index is 0.187. The molecule has 5 heteroatoms. The highest BCUT2D eigenvalue weighted by atomic mass is 16.5. The Hall–Kier alpha value is -3.34. The summed E-state index contributed by atoms with van der Waals surface area (Å²) < 4.78 is 11.0. The summed E-state index contributed by atoms with van der Waals surface area (Å²) in [6, 6.07) is 22.2. The van der Waals surface area contributed by atoms with Gasteiger partial charge >= 0.3 is 5.91 Å². The van der Waals surface area contributed by atoms with Crippen molar-refractivity contribution in [2.24, 2.45) is 5.10 Å². The summed E-state index contributed by atoms with van der Waals surface area (Å²) in [7, 11) is 0. The summed E-state index contributed by atoms with van der Waals surface area (Å²) in [6.45, 7) is 0.255. The van der Waals surface area contributed by atoms with Crippen LogP contribution < -0.4 is 10.2 Å². The molecule has 0 aliphatic heterocycles. The van der Waals surface area contributed by atoms with Crippen molar-refractivity contribution in [3.05, 3.63) is 89.9 Å². The van der Waals surface area contributed by atoms with E-state index < -0.39 is 5.91 Å². The Bertz CT molecular complexity index is 811. The van der Waals surface area contributed by atoms with Crippen molar-refractivity contribution >= 4 is 12.1 Å². The van der Waals surface area contributed by atoms with Crippen molar-refractivity contribution in [2.45, 2.75) is 6.61 Å². The predicted octanol–water partition coefficient (Wildman–Crippen LogP) is 3.62. The summed E-state index contributed by atoms with van der Waals surface area (Å²) in [5.74, 6) is 1.09. The van der Waals surface area contributed by atoms with Crippen molar-refractivity contribution in [3.63, 3.8) is 0 Å². The third kappa shape index (κ3) is 4.33. The van der Waals surface area contributed by atoms with E-state index in [1.54, 1.807) is 18.3 Å². The number of rotatable bonds is 6. The number of nitrogens with zero attached hydrogens (tertiary/aromatic N) is 1. The van der Waals surface area contributed by atoms with E-state index in [0.717, 1.165) is 11.3 Å². The molecule has 24 heavy (non-hydrogen) atoms. The van der Waals surface area contributed by atoms with Gasteiger partial charge in [-0.25, -0.2) is 5.43 Å². The molecule has 0 radical (unpaired) electrons. The van der Waals surface area contributed by atoms with Crippen LogP contribution in [0, 0.1) is 0 Å². The highest BCUT2D eigenvalue weighted by molar-refractivity contribution is 5.92. The maximum absolute atomic E-state index is 12.0. The fraction of sp³-hybridized carbons (Fsp3) is 0.0526. The van der Waals surface area contributed by atoms with Gasteiger partial charge in [-0.3, -0.25) is 4.79 Å². The molecule has 0 aliphatic carbocycles. The normalized spacial score (nSPS) is 10.7. The highest BCUT2D eigenvalue weighted by Crippen LogP contribution is 2.13. The molecular formula is C19H16N2O3. The van der Waals surface area contributed by atoms with Gasteiger partial charge in [-0.1, -0.05) is 48.5 Å². The van der Waals surface area contributed by atoms with E-state index in [-0.39, 0.29) is 12.4 Å². The molecule has 0 saturated carbocycles. The van der Waals surface area contributed by atoms with E-state index in [4.69, 9.17) is 9.15 Å². The molecule has 5 nitrogen and oxygen atoms in total. The molecule has 0 fully saturated rings. The molecule has 0 saturated heterocycles. The number of ether oxygens (including phenoxy) is 1. The smallest absolute Gasteiger partial charge is 0.307 e. The van der Waals surface area contributed by atoms with Crippen molar-refractivity contribution in [1.82, 2.24) is 5.43 Å². The molecule has 1 aromatic heterocycles. The van der Waals surface area contributed by atoms with Gasteiger partial charge in [0.25, 0.3) is 0 Å². The minimum atomic E-state index is -0.409. The van der Waals surface area contributed by atoms with Crippen LogP contribution in [0.2, 0.25) is 0 Å². The first kappa shape index (κ1) is 15.6. The fourth-order valence-corrected chi connectivity index (χ4v) is 2.01. The molecule has 3 rings (SSSR count). The fourth-order valence-electron chi connectivity index (χ4n) is 2.01. The van der Waals surface area contributed by atoms with Gasteiger partial charge in [-0.15, -0.1) is 0 Å². The molecule has 0 aliphatic rings. The Morgan fingerprint density at radius 2 is 1.71 bits per heavy atom. The molecular weight excluding hydrogens is 304 g/mol. The van der Waals surface area contributed by atoms with E-state index >= 15 is 0 Å². The number of amides is 1. The Balaban J connectivity index is 1.53. The van der Waals surface area contributed by atoms with E-state index in [2.05, 4.69) is 10.5 Å². The molecule has 3 aromatic rings. The topological polar surface area (TPSA) is 63.8 Å². The number of nitrogens with one attached hydrogen (secondary N) is 1. The lowest BCUT2D eigenvalue weighted by atomic mass is 10.2. The number of hydrogen-bond donors (Lipinski definition) is 1. The predicted molar refractivity (Wildman–Crippen MR) is 91.0 cm³/mol. The van der Waals surface area contributed by atoms with Crippen LogP contribution in [0.5, 0.6) is 5.75 Å². The maximum atomic E-state index is 12.0. The first-order valence-corrected chi connectivity index (χ1v) is 7.46. The zero-order chi connectivity index (χ0) is 16.6. The van der Waals surface area contributed by atoms with Crippen molar-refractivity contribution in [1.29, 1.82) is 0 Å². The zero-order valence-corrected chi connectivity index (χ0v) is 12.9. The average Bonchev–Trinajstić information content (AvgIpc) is 3.11. The molecule has 0 bridgehead atoms. The number of carbonyl (C=O) groups is 1. The summed E-state index contributed by atoms with van der Waals surface area (Å²) in [4.78, 5) is 12.0. The summed E-state index contributed by atoms with van der Waals surface area (Å²) >= 11 is 0. The number of benzene rings is 2. The van der Waals surface area contributed by atoms with Crippen molar-refractivity contribution in [2.75, 3.05) is 0 Å². The van der Waals surface area contributed by atoms with Crippen molar-refractivity contribution < 1.29 is 13.9 Å². The van der Waals surface area contributed by atoms with Crippen LogP contribution in [-0.4, -0.2) is 12.1 Å². The highest BCUT2D eigenvalue weighted by Gasteiger charge is 2.10. The Labute approximate surface area is 139 Å². The summed E-state index contributed by atoms with van der Waals surface area (Å²) in [5, 5.41) is 3.90. The van der Waals surface area contributed by atoms with Gasteiger partial charge in [0.15, 0.2) is 5.76 Å². The number of hydrogen-bond acceptors (Lipinski definition) is 4. The van der Waals surface area contributed by atoms with Crippen LogP contribution in [0.3, 0.4) is 0 Å². The van der Waals surface area contributed by atoms with Crippen LogP contribution in [0.4, 0.5) is 0 Å². The van der Waals surface area contributed by atoms with E-state index in [0.29, 0.717) is 5.76 Å². The summed E-state index contributed by atoms with van der Waals surface area (Å²) in [6.07, 6.45) is 1.57. The molecule has 0 spiro atoms. The molecule has 1 N–H and O–H groups in total.